The van der Waals surface area contributed by atoms with Gasteiger partial charge in [0.2, 0.25) is 0 Å². The summed E-state index contributed by atoms with van der Waals surface area (Å²) in [6.07, 6.45) is 4.01. The molecule has 1 aromatic rings. The van der Waals surface area contributed by atoms with E-state index < -0.39 is 0 Å². The van der Waals surface area contributed by atoms with Gasteiger partial charge in [0.05, 0.1) is 0 Å². The molecule has 2 N–H and O–H groups in total. The molecule has 0 radical (unpaired) electrons. The summed E-state index contributed by atoms with van der Waals surface area (Å²) < 4.78 is 0. The van der Waals surface area contributed by atoms with Crippen LogP contribution in [0.5, 0.6) is 0 Å². The van der Waals surface area contributed by atoms with Crippen molar-refractivity contribution in [3.63, 3.8) is 0 Å². The lowest BCUT2D eigenvalue weighted by atomic mass is 9.96. The van der Waals surface area contributed by atoms with E-state index in [-0.39, 0.29) is 0 Å². The third-order valence-electron chi connectivity index (χ3n) is 3.85. The molecule has 0 aliphatic carbocycles. The van der Waals surface area contributed by atoms with E-state index in [9.17, 15) is 0 Å². The molecular weight excluding hydrogens is 220 g/mol. The van der Waals surface area contributed by atoms with E-state index in [0.717, 1.165) is 12.5 Å². The lowest BCUT2D eigenvalue weighted by Crippen LogP contribution is -2.30. The van der Waals surface area contributed by atoms with Crippen LogP contribution in [0.25, 0.3) is 0 Å². The van der Waals surface area contributed by atoms with Gasteiger partial charge in [-0.25, -0.2) is 0 Å². The van der Waals surface area contributed by atoms with Crippen molar-refractivity contribution < 1.29 is 0 Å². The maximum atomic E-state index is 3.61. The quantitative estimate of drug-likeness (QED) is 0.829. The van der Waals surface area contributed by atoms with Crippen LogP contribution in [-0.4, -0.2) is 19.6 Å². The summed E-state index contributed by atoms with van der Waals surface area (Å²) in [5, 5.41) is 7.10. The molecule has 1 aliphatic rings. The first-order valence-corrected chi connectivity index (χ1v) is 7.31. The third kappa shape index (κ3) is 3.74. The van der Waals surface area contributed by atoms with Crippen LogP contribution >= 0.6 is 0 Å². The van der Waals surface area contributed by atoms with Crippen molar-refractivity contribution in [3.05, 3.63) is 29.8 Å². The number of benzene rings is 1. The van der Waals surface area contributed by atoms with Crippen molar-refractivity contribution in [3.8, 4) is 0 Å². The largest absolute Gasteiger partial charge is 0.385 e. The van der Waals surface area contributed by atoms with Crippen LogP contribution in [0, 0.1) is 5.92 Å². The highest BCUT2D eigenvalue weighted by Gasteiger charge is 2.12. The van der Waals surface area contributed by atoms with Crippen molar-refractivity contribution in [1.82, 2.24) is 5.32 Å². The normalized spacial score (nSPS) is 20.1. The molecule has 0 amide bonds. The van der Waals surface area contributed by atoms with Gasteiger partial charge in [0.15, 0.2) is 0 Å². The number of para-hydroxylation sites is 1. The second-order valence-corrected chi connectivity index (χ2v) is 5.67. The van der Waals surface area contributed by atoms with Crippen LogP contribution in [-0.2, 0) is 0 Å². The van der Waals surface area contributed by atoms with E-state index in [4.69, 9.17) is 0 Å². The SMILES string of the molecule is CC(C)c1ccccc1NCCC1CCCNC1. The Bertz CT molecular complexity index is 354. The first-order chi connectivity index (χ1) is 8.77. The number of hydrogen-bond acceptors (Lipinski definition) is 2. The fourth-order valence-corrected chi connectivity index (χ4v) is 2.74. The minimum Gasteiger partial charge on any atom is -0.385 e. The van der Waals surface area contributed by atoms with Gasteiger partial charge >= 0.3 is 0 Å². The molecule has 2 heteroatoms. The molecule has 18 heavy (non-hydrogen) atoms. The Morgan fingerprint density at radius 3 is 2.89 bits per heavy atom. The highest BCUT2D eigenvalue weighted by molar-refractivity contribution is 5.52. The van der Waals surface area contributed by atoms with Crippen LogP contribution in [0.2, 0.25) is 0 Å². The molecule has 0 bridgehead atoms. The van der Waals surface area contributed by atoms with Crippen LogP contribution in [0.15, 0.2) is 24.3 Å². The van der Waals surface area contributed by atoms with Crippen molar-refractivity contribution in [2.45, 2.75) is 39.0 Å². The maximum Gasteiger partial charge on any atom is 0.0375 e. The summed E-state index contributed by atoms with van der Waals surface area (Å²) in [7, 11) is 0. The Labute approximate surface area is 111 Å². The summed E-state index contributed by atoms with van der Waals surface area (Å²) >= 11 is 0. The van der Waals surface area contributed by atoms with Gasteiger partial charge in [0.1, 0.15) is 0 Å². The standard InChI is InChI=1S/C16H26N2/c1-13(2)15-7-3-4-8-16(15)18-11-9-14-6-5-10-17-12-14/h3-4,7-8,13-14,17-18H,5-6,9-12H2,1-2H3. The molecule has 2 rings (SSSR count). The van der Waals surface area contributed by atoms with E-state index in [1.807, 2.05) is 0 Å². The molecule has 1 saturated heterocycles. The second-order valence-electron chi connectivity index (χ2n) is 5.67. The summed E-state index contributed by atoms with van der Waals surface area (Å²) in [4.78, 5) is 0. The Kier molecular flexibility index (Phi) is 5.06. The van der Waals surface area contributed by atoms with Gasteiger partial charge < -0.3 is 10.6 Å². The number of nitrogens with one attached hydrogen (secondary N) is 2. The fourth-order valence-electron chi connectivity index (χ4n) is 2.74. The average molecular weight is 246 g/mol. The van der Waals surface area contributed by atoms with Gasteiger partial charge in [-0.05, 0) is 55.8 Å². The molecule has 1 heterocycles. The minimum atomic E-state index is 0.588. The fraction of sp³-hybridized carbons (Fsp3) is 0.625. The Hall–Kier alpha value is -1.02. The van der Waals surface area contributed by atoms with E-state index in [1.54, 1.807) is 0 Å². The summed E-state index contributed by atoms with van der Waals surface area (Å²) in [5.41, 5.74) is 2.75. The Morgan fingerprint density at radius 2 is 2.17 bits per heavy atom. The van der Waals surface area contributed by atoms with Gasteiger partial charge in [-0.2, -0.15) is 0 Å². The maximum absolute atomic E-state index is 3.61. The zero-order valence-electron chi connectivity index (χ0n) is 11.7. The average Bonchev–Trinajstić information content (AvgIpc) is 2.40. The first kappa shape index (κ1) is 13.4. The van der Waals surface area contributed by atoms with Crippen molar-refractivity contribution in [1.29, 1.82) is 0 Å². The monoisotopic (exact) mass is 246 g/mol. The van der Waals surface area contributed by atoms with Crippen LogP contribution in [0.4, 0.5) is 5.69 Å². The predicted octanol–water partition coefficient (Wildman–Crippen LogP) is 3.61. The lowest BCUT2D eigenvalue weighted by molar-refractivity contribution is 0.364. The number of hydrogen-bond donors (Lipinski definition) is 2. The molecule has 2 nitrogen and oxygen atoms in total. The van der Waals surface area contributed by atoms with E-state index in [1.165, 1.54) is 43.6 Å². The predicted molar refractivity (Wildman–Crippen MR) is 79.2 cm³/mol. The summed E-state index contributed by atoms with van der Waals surface area (Å²) in [6.45, 7) is 8.01. The Balaban J connectivity index is 1.82. The first-order valence-electron chi connectivity index (χ1n) is 7.31. The zero-order valence-corrected chi connectivity index (χ0v) is 11.7. The topological polar surface area (TPSA) is 24.1 Å². The van der Waals surface area contributed by atoms with Crippen LogP contribution < -0.4 is 10.6 Å². The van der Waals surface area contributed by atoms with E-state index in [0.29, 0.717) is 5.92 Å². The molecule has 1 aliphatic heterocycles. The second kappa shape index (κ2) is 6.79. The van der Waals surface area contributed by atoms with Gasteiger partial charge in [-0.1, -0.05) is 32.0 Å². The van der Waals surface area contributed by atoms with Crippen LogP contribution in [0.1, 0.15) is 44.6 Å². The van der Waals surface area contributed by atoms with E-state index >= 15 is 0 Å². The van der Waals surface area contributed by atoms with Gasteiger partial charge in [0.25, 0.3) is 0 Å². The number of rotatable bonds is 5. The molecule has 1 unspecified atom stereocenters. The molecule has 1 fully saturated rings. The van der Waals surface area contributed by atoms with Gasteiger partial charge in [0, 0.05) is 12.2 Å². The molecule has 0 spiro atoms. The lowest BCUT2D eigenvalue weighted by Gasteiger charge is -2.23. The molecule has 0 aromatic heterocycles. The van der Waals surface area contributed by atoms with E-state index in [2.05, 4.69) is 48.7 Å². The molecular formula is C16H26N2. The summed E-state index contributed by atoms with van der Waals surface area (Å²) in [5.74, 6) is 1.45. The summed E-state index contributed by atoms with van der Waals surface area (Å²) in [6, 6.07) is 8.69. The zero-order chi connectivity index (χ0) is 12.8. The van der Waals surface area contributed by atoms with Gasteiger partial charge in [-0.3, -0.25) is 0 Å². The Morgan fingerprint density at radius 1 is 1.33 bits per heavy atom. The molecule has 100 valence electrons. The van der Waals surface area contributed by atoms with Crippen molar-refractivity contribution >= 4 is 5.69 Å². The number of anilines is 1. The number of piperidine rings is 1. The highest BCUT2D eigenvalue weighted by atomic mass is 14.9. The molecule has 1 atom stereocenters. The third-order valence-corrected chi connectivity index (χ3v) is 3.85. The van der Waals surface area contributed by atoms with Gasteiger partial charge in [-0.15, -0.1) is 0 Å². The van der Waals surface area contributed by atoms with Crippen LogP contribution in [0.3, 0.4) is 0 Å². The van der Waals surface area contributed by atoms with Crippen molar-refractivity contribution in [2.24, 2.45) is 5.92 Å². The van der Waals surface area contributed by atoms with Crippen molar-refractivity contribution in [2.75, 3.05) is 25.0 Å². The highest BCUT2D eigenvalue weighted by Crippen LogP contribution is 2.24. The molecule has 0 saturated carbocycles. The molecule has 1 aromatic carbocycles. The smallest absolute Gasteiger partial charge is 0.0375 e. The minimum absolute atomic E-state index is 0.588.